The number of aliphatic carboxylic acids is 1. The Morgan fingerprint density at radius 2 is 1.95 bits per heavy atom. The topological polar surface area (TPSA) is 87.7 Å². The van der Waals surface area contributed by atoms with Crippen molar-refractivity contribution in [2.75, 3.05) is 6.54 Å². The molecule has 0 amide bonds. The van der Waals surface area contributed by atoms with Crippen LogP contribution in [0.1, 0.15) is 26.2 Å². The number of nitrogens with two attached hydrogens (primary N) is 1. The number of carboxylic acids is 1. The SMILES string of the molecule is C/C(=N/Sc1ccccc1)NCCCC[C@H](N)C(=O)O.Cl.Cl. The third kappa shape index (κ3) is 10.7. The summed E-state index contributed by atoms with van der Waals surface area (Å²) in [5.74, 6) is -0.0728. The predicted molar refractivity (Wildman–Crippen MR) is 97.4 cm³/mol. The van der Waals surface area contributed by atoms with Crippen LogP contribution >= 0.6 is 36.8 Å². The molecule has 0 heterocycles. The lowest BCUT2D eigenvalue weighted by molar-refractivity contribution is -0.138. The van der Waals surface area contributed by atoms with Gasteiger partial charge in [-0.25, -0.2) is 0 Å². The molecule has 1 aromatic carbocycles. The Hall–Kier alpha value is -0.950. The van der Waals surface area contributed by atoms with Crippen LogP contribution in [0, 0.1) is 0 Å². The van der Waals surface area contributed by atoms with E-state index in [1.807, 2.05) is 37.3 Å². The predicted octanol–water partition coefficient (Wildman–Crippen LogP) is 3.13. The molecule has 0 radical (unpaired) electrons. The lowest BCUT2D eigenvalue weighted by Gasteiger charge is -2.07. The molecule has 1 rings (SSSR count). The number of benzene rings is 1. The van der Waals surface area contributed by atoms with Crippen LogP contribution in [-0.2, 0) is 4.79 Å². The number of carboxylic acid groups (broad SMARTS) is 1. The number of halogens is 2. The molecule has 1 aromatic rings. The number of nitrogens with zero attached hydrogens (tertiary/aromatic N) is 1. The summed E-state index contributed by atoms with van der Waals surface area (Å²) in [5, 5.41) is 11.8. The Balaban J connectivity index is 0. The molecule has 0 aliphatic heterocycles. The first-order valence-electron chi connectivity index (χ1n) is 6.58. The zero-order valence-corrected chi connectivity index (χ0v) is 14.8. The van der Waals surface area contributed by atoms with Gasteiger partial charge in [-0.15, -0.1) is 24.8 Å². The van der Waals surface area contributed by atoms with Crippen molar-refractivity contribution in [3.8, 4) is 0 Å². The average Bonchev–Trinajstić information content (AvgIpc) is 2.45. The Morgan fingerprint density at radius 1 is 1.32 bits per heavy atom. The highest BCUT2D eigenvalue weighted by atomic mass is 35.5. The molecule has 0 bridgehead atoms. The van der Waals surface area contributed by atoms with Crippen LogP contribution < -0.4 is 11.1 Å². The maximum atomic E-state index is 10.5. The molecular formula is C14H23Cl2N3O2S. The maximum Gasteiger partial charge on any atom is 0.320 e. The number of unbranched alkanes of at least 4 members (excludes halogenated alkanes) is 1. The van der Waals surface area contributed by atoms with Gasteiger partial charge in [-0.1, -0.05) is 18.2 Å². The summed E-state index contributed by atoms with van der Waals surface area (Å²) in [6, 6.07) is 9.20. The maximum absolute atomic E-state index is 10.5. The highest BCUT2D eigenvalue weighted by molar-refractivity contribution is 7.98. The van der Waals surface area contributed by atoms with Crippen LogP contribution in [0.3, 0.4) is 0 Å². The first-order valence-corrected chi connectivity index (χ1v) is 7.36. The van der Waals surface area contributed by atoms with Gasteiger partial charge in [-0.05, 0) is 38.3 Å². The zero-order chi connectivity index (χ0) is 14.8. The Morgan fingerprint density at radius 3 is 2.55 bits per heavy atom. The van der Waals surface area contributed by atoms with Gasteiger partial charge in [0.15, 0.2) is 0 Å². The molecule has 0 aliphatic carbocycles. The van der Waals surface area contributed by atoms with Crippen molar-refractivity contribution < 1.29 is 9.90 Å². The Labute approximate surface area is 148 Å². The second-order valence-corrected chi connectivity index (χ2v) is 5.28. The lowest BCUT2D eigenvalue weighted by Crippen LogP contribution is -2.30. The molecule has 5 nitrogen and oxygen atoms in total. The minimum atomic E-state index is -0.935. The monoisotopic (exact) mass is 367 g/mol. The molecule has 0 saturated carbocycles. The van der Waals surface area contributed by atoms with Gasteiger partial charge in [0.2, 0.25) is 0 Å². The van der Waals surface area contributed by atoms with Crippen molar-refractivity contribution >= 4 is 48.6 Å². The van der Waals surface area contributed by atoms with Crippen molar-refractivity contribution in [3.63, 3.8) is 0 Å². The standard InChI is InChI=1S/C14H21N3O2S.2ClH/c1-11(17-20-12-7-3-2-4-8-12)16-10-6-5-9-13(15)14(18)19;;/h2-4,7-8,13H,5-6,9-10,15H2,1H3,(H,16,17)(H,18,19);2*1H/t13-;;/m0../s1. The molecule has 0 fully saturated rings. The van der Waals surface area contributed by atoms with Crippen molar-refractivity contribution in [1.29, 1.82) is 0 Å². The fourth-order valence-electron chi connectivity index (χ4n) is 1.52. The van der Waals surface area contributed by atoms with E-state index in [0.29, 0.717) is 6.42 Å². The Bertz CT molecular complexity index is 447. The number of carbonyl (C=O) groups is 1. The van der Waals surface area contributed by atoms with Crippen LogP contribution in [-0.4, -0.2) is 29.5 Å². The van der Waals surface area contributed by atoms with Crippen LogP contribution in [0.15, 0.2) is 39.6 Å². The van der Waals surface area contributed by atoms with Crippen molar-refractivity contribution in [3.05, 3.63) is 30.3 Å². The summed E-state index contributed by atoms with van der Waals surface area (Å²) in [6.45, 7) is 2.69. The molecule has 126 valence electrons. The van der Waals surface area contributed by atoms with E-state index in [1.54, 1.807) is 0 Å². The molecule has 1 atom stereocenters. The van der Waals surface area contributed by atoms with Gasteiger partial charge >= 0.3 is 5.97 Å². The highest BCUT2D eigenvalue weighted by Crippen LogP contribution is 2.17. The van der Waals surface area contributed by atoms with Gasteiger partial charge in [0.25, 0.3) is 0 Å². The van der Waals surface area contributed by atoms with E-state index in [2.05, 4.69) is 9.71 Å². The van der Waals surface area contributed by atoms with Crippen molar-refractivity contribution in [2.45, 2.75) is 37.1 Å². The first kappa shape index (κ1) is 23.3. The minimum Gasteiger partial charge on any atom is -0.480 e. The molecule has 4 N–H and O–H groups in total. The molecular weight excluding hydrogens is 345 g/mol. The molecule has 0 spiro atoms. The van der Waals surface area contributed by atoms with Gasteiger partial charge in [0.05, 0.1) is 0 Å². The van der Waals surface area contributed by atoms with E-state index in [9.17, 15) is 4.79 Å². The zero-order valence-electron chi connectivity index (χ0n) is 12.4. The molecule has 0 aromatic heterocycles. The van der Waals surface area contributed by atoms with E-state index < -0.39 is 12.0 Å². The third-order valence-electron chi connectivity index (χ3n) is 2.67. The summed E-state index contributed by atoms with van der Waals surface area (Å²) in [4.78, 5) is 11.6. The van der Waals surface area contributed by atoms with E-state index in [-0.39, 0.29) is 24.8 Å². The van der Waals surface area contributed by atoms with Crippen LogP contribution in [0.25, 0.3) is 0 Å². The molecule has 22 heavy (non-hydrogen) atoms. The van der Waals surface area contributed by atoms with E-state index in [0.717, 1.165) is 30.1 Å². The first-order chi connectivity index (χ1) is 9.59. The quantitative estimate of drug-likeness (QED) is 0.284. The smallest absolute Gasteiger partial charge is 0.320 e. The summed E-state index contributed by atoms with van der Waals surface area (Å²) in [7, 11) is 0. The summed E-state index contributed by atoms with van der Waals surface area (Å²) in [6.07, 6.45) is 2.18. The second-order valence-electron chi connectivity index (χ2n) is 4.45. The fraction of sp³-hybridized carbons (Fsp3) is 0.429. The summed E-state index contributed by atoms with van der Waals surface area (Å²) >= 11 is 1.43. The number of amidine groups is 1. The van der Waals surface area contributed by atoms with Gasteiger partial charge < -0.3 is 16.2 Å². The second kappa shape index (κ2) is 13.7. The van der Waals surface area contributed by atoms with Crippen LogP contribution in [0.2, 0.25) is 0 Å². The normalized spacial score (nSPS) is 11.8. The number of hydrogen-bond acceptors (Lipinski definition) is 4. The summed E-state index contributed by atoms with van der Waals surface area (Å²) in [5.41, 5.74) is 5.42. The molecule has 0 aliphatic rings. The van der Waals surface area contributed by atoms with Crippen LogP contribution in [0.4, 0.5) is 0 Å². The van der Waals surface area contributed by atoms with Gasteiger partial charge in [-0.2, -0.15) is 4.40 Å². The molecule has 0 unspecified atom stereocenters. The highest BCUT2D eigenvalue weighted by Gasteiger charge is 2.09. The van der Waals surface area contributed by atoms with Crippen molar-refractivity contribution in [2.24, 2.45) is 10.1 Å². The Kier molecular flexibility index (Phi) is 14.5. The minimum absolute atomic E-state index is 0. The third-order valence-corrected chi connectivity index (χ3v) is 3.52. The molecule has 8 heteroatoms. The van der Waals surface area contributed by atoms with E-state index in [4.69, 9.17) is 10.8 Å². The number of hydrogen-bond donors (Lipinski definition) is 3. The van der Waals surface area contributed by atoms with Crippen LogP contribution in [0.5, 0.6) is 0 Å². The van der Waals surface area contributed by atoms with E-state index >= 15 is 0 Å². The number of rotatable bonds is 8. The lowest BCUT2D eigenvalue weighted by atomic mass is 10.1. The molecule has 0 saturated heterocycles. The fourth-order valence-corrected chi connectivity index (χ4v) is 2.10. The van der Waals surface area contributed by atoms with Gasteiger partial charge in [0, 0.05) is 23.4 Å². The number of nitrogens with one attached hydrogen (secondary N) is 1. The van der Waals surface area contributed by atoms with Gasteiger partial charge in [0.1, 0.15) is 11.9 Å². The average molecular weight is 368 g/mol. The van der Waals surface area contributed by atoms with Gasteiger partial charge in [-0.3, -0.25) is 4.79 Å². The van der Waals surface area contributed by atoms with Crippen molar-refractivity contribution in [1.82, 2.24) is 5.32 Å². The summed E-state index contributed by atoms with van der Waals surface area (Å²) < 4.78 is 4.36. The van der Waals surface area contributed by atoms with E-state index in [1.165, 1.54) is 11.9 Å². The largest absolute Gasteiger partial charge is 0.480 e.